The molecule has 112 valence electrons. The number of hydrogen-bond acceptors (Lipinski definition) is 0. The molecule has 2 aromatic rings. The van der Waals surface area contributed by atoms with Gasteiger partial charge >= 0.3 is 0 Å². The molecule has 0 bridgehead atoms. The van der Waals surface area contributed by atoms with Gasteiger partial charge in [-0.25, -0.2) is 0 Å². The summed E-state index contributed by atoms with van der Waals surface area (Å²) in [4.78, 5) is 0. The lowest BCUT2D eigenvalue weighted by molar-refractivity contribution is 0.504. The maximum Gasteiger partial charge on any atom is 0.0676 e. The van der Waals surface area contributed by atoms with Crippen LogP contribution in [0.15, 0.2) is 54.6 Å². The fourth-order valence-electron chi connectivity index (χ4n) is 2.72. The van der Waals surface area contributed by atoms with Crippen molar-refractivity contribution in [2.24, 2.45) is 5.92 Å². The summed E-state index contributed by atoms with van der Waals surface area (Å²) in [5.74, 6) is 0.684. The van der Waals surface area contributed by atoms with Gasteiger partial charge in [-0.1, -0.05) is 82.3 Å². The highest BCUT2D eigenvalue weighted by Crippen LogP contribution is 2.41. The highest BCUT2D eigenvalue weighted by atomic mass is 35.5. The van der Waals surface area contributed by atoms with Gasteiger partial charge in [-0.2, -0.15) is 0 Å². The van der Waals surface area contributed by atoms with Crippen molar-refractivity contribution in [3.63, 3.8) is 0 Å². The van der Waals surface area contributed by atoms with Gasteiger partial charge in [0.05, 0.1) is 5.38 Å². The van der Waals surface area contributed by atoms with Crippen molar-refractivity contribution < 1.29 is 0 Å². The van der Waals surface area contributed by atoms with Crippen LogP contribution in [0.3, 0.4) is 0 Å². The Labute approximate surface area is 134 Å². The second kappa shape index (κ2) is 6.66. The lowest BCUT2D eigenvalue weighted by Gasteiger charge is -2.31. The SMILES string of the molecule is CC(C)Cc1ccc(C(Cl)C(C)(C)c2ccccc2)cc1. The molecule has 1 unspecified atom stereocenters. The quantitative estimate of drug-likeness (QED) is 0.582. The molecular formula is C20H25Cl. The Bertz CT molecular complexity index is 552. The van der Waals surface area contributed by atoms with E-state index in [2.05, 4.69) is 76.2 Å². The molecule has 0 N–H and O–H groups in total. The summed E-state index contributed by atoms with van der Waals surface area (Å²) in [5, 5.41) is -0.0343. The molecule has 2 aromatic carbocycles. The summed E-state index contributed by atoms with van der Waals surface area (Å²) in [5.41, 5.74) is 3.76. The zero-order valence-electron chi connectivity index (χ0n) is 13.4. The Hall–Kier alpha value is -1.27. The van der Waals surface area contributed by atoms with Crippen LogP contribution in [0.4, 0.5) is 0 Å². The monoisotopic (exact) mass is 300 g/mol. The van der Waals surface area contributed by atoms with Crippen LogP contribution >= 0.6 is 11.6 Å². The first-order valence-corrected chi connectivity index (χ1v) is 8.13. The van der Waals surface area contributed by atoms with Gasteiger partial charge in [-0.3, -0.25) is 0 Å². The van der Waals surface area contributed by atoms with Gasteiger partial charge in [0.2, 0.25) is 0 Å². The van der Waals surface area contributed by atoms with Crippen molar-refractivity contribution in [1.82, 2.24) is 0 Å². The summed E-state index contributed by atoms with van der Waals surface area (Å²) < 4.78 is 0. The van der Waals surface area contributed by atoms with Crippen molar-refractivity contribution >= 4 is 11.6 Å². The van der Waals surface area contributed by atoms with Gasteiger partial charge in [0.1, 0.15) is 0 Å². The first kappa shape index (κ1) is 16.1. The molecule has 1 heteroatoms. The largest absolute Gasteiger partial charge is 0.117 e. The number of alkyl halides is 1. The molecule has 0 fully saturated rings. The summed E-state index contributed by atoms with van der Waals surface area (Å²) in [6.45, 7) is 8.91. The van der Waals surface area contributed by atoms with E-state index in [9.17, 15) is 0 Å². The van der Waals surface area contributed by atoms with E-state index in [1.54, 1.807) is 0 Å². The first-order chi connectivity index (χ1) is 9.91. The van der Waals surface area contributed by atoms with Gasteiger partial charge in [0.15, 0.2) is 0 Å². The average Bonchev–Trinajstić information content (AvgIpc) is 2.47. The minimum atomic E-state index is -0.0949. The van der Waals surface area contributed by atoms with Crippen LogP contribution in [0.1, 0.15) is 49.8 Å². The van der Waals surface area contributed by atoms with Crippen LogP contribution in [-0.4, -0.2) is 0 Å². The van der Waals surface area contributed by atoms with E-state index in [1.807, 2.05) is 6.07 Å². The Morgan fingerprint density at radius 2 is 1.48 bits per heavy atom. The van der Waals surface area contributed by atoms with Crippen LogP contribution in [0.2, 0.25) is 0 Å². The topological polar surface area (TPSA) is 0 Å². The Morgan fingerprint density at radius 1 is 0.905 bits per heavy atom. The molecule has 0 heterocycles. The molecule has 0 nitrogen and oxygen atoms in total. The third-order valence-corrected chi connectivity index (χ3v) is 4.87. The zero-order chi connectivity index (χ0) is 15.5. The van der Waals surface area contributed by atoms with E-state index in [1.165, 1.54) is 16.7 Å². The molecule has 0 radical (unpaired) electrons. The molecule has 0 saturated heterocycles. The molecule has 2 rings (SSSR count). The van der Waals surface area contributed by atoms with E-state index < -0.39 is 0 Å². The van der Waals surface area contributed by atoms with E-state index in [0.717, 1.165) is 6.42 Å². The van der Waals surface area contributed by atoms with Crippen LogP contribution in [-0.2, 0) is 11.8 Å². The number of hydrogen-bond donors (Lipinski definition) is 0. The van der Waals surface area contributed by atoms with Crippen molar-refractivity contribution in [2.75, 3.05) is 0 Å². The van der Waals surface area contributed by atoms with Crippen molar-refractivity contribution in [1.29, 1.82) is 0 Å². The standard InChI is InChI=1S/C20H25Cl/c1-15(2)14-16-10-12-17(13-11-16)19(21)20(3,4)18-8-6-5-7-9-18/h5-13,15,19H,14H2,1-4H3. The van der Waals surface area contributed by atoms with Crippen molar-refractivity contribution in [2.45, 2.75) is 44.9 Å². The maximum absolute atomic E-state index is 6.79. The zero-order valence-corrected chi connectivity index (χ0v) is 14.2. The molecule has 0 aliphatic heterocycles. The van der Waals surface area contributed by atoms with E-state index in [4.69, 9.17) is 11.6 Å². The maximum atomic E-state index is 6.79. The van der Waals surface area contributed by atoms with E-state index in [0.29, 0.717) is 5.92 Å². The number of halogens is 1. The molecule has 0 saturated carbocycles. The summed E-state index contributed by atoms with van der Waals surface area (Å²) in [7, 11) is 0. The summed E-state index contributed by atoms with van der Waals surface area (Å²) in [6, 6.07) is 19.3. The van der Waals surface area contributed by atoms with Crippen LogP contribution < -0.4 is 0 Å². The third kappa shape index (κ3) is 3.89. The van der Waals surface area contributed by atoms with Gasteiger partial charge in [-0.05, 0) is 29.0 Å². The third-order valence-electron chi connectivity index (χ3n) is 4.07. The van der Waals surface area contributed by atoms with Gasteiger partial charge in [0, 0.05) is 5.41 Å². The lowest BCUT2D eigenvalue weighted by Crippen LogP contribution is -2.23. The van der Waals surface area contributed by atoms with Crippen molar-refractivity contribution in [3.8, 4) is 0 Å². The predicted molar refractivity (Wildman–Crippen MR) is 93.0 cm³/mol. The molecule has 21 heavy (non-hydrogen) atoms. The van der Waals surface area contributed by atoms with Crippen molar-refractivity contribution in [3.05, 3.63) is 71.3 Å². The normalized spacial score (nSPS) is 13.4. The highest BCUT2D eigenvalue weighted by molar-refractivity contribution is 6.21. The van der Waals surface area contributed by atoms with Gasteiger partial charge < -0.3 is 0 Å². The summed E-state index contributed by atoms with van der Waals surface area (Å²) in [6.07, 6.45) is 1.12. The molecule has 1 atom stereocenters. The molecule has 0 amide bonds. The molecule has 0 aliphatic rings. The first-order valence-electron chi connectivity index (χ1n) is 7.69. The van der Waals surface area contributed by atoms with Gasteiger partial charge in [0.25, 0.3) is 0 Å². The molecule has 0 aliphatic carbocycles. The van der Waals surface area contributed by atoms with E-state index >= 15 is 0 Å². The molecule has 0 aromatic heterocycles. The number of rotatable bonds is 5. The summed E-state index contributed by atoms with van der Waals surface area (Å²) >= 11 is 6.79. The highest BCUT2D eigenvalue weighted by Gasteiger charge is 2.30. The number of benzene rings is 2. The van der Waals surface area contributed by atoms with E-state index in [-0.39, 0.29) is 10.8 Å². The molecule has 0 spiro atoms. The second-order valence-electron chi connectivity index (χ2n) is 6.79. The molecular weight excluding hydrogens is 276 g/mol. The fourth-order valence-corrected chi connectivity index (χ4v) is 3.00. The van der Waals surface area contributed by atoms with Gasteiger partial charge in [-0.15, -0.1) is 11.6 Å². The Balaban J connectivity index is 2.21. The van der Waals surface area contributed by atoms with Crippen LogP contribution in [0.25, 0.3) is 0 Å². The minimum absolute atomic E-state index is 0.0343. The second-order valence-corrected chi connectivity index (χ2v) is 7.23. The van der Waals surface area contributed by atoms with Crippen LogP contribution in [0.5, 0.6) is 0 Å². The fraction of sp³-hybridized carbons (Fsp3) is 0.400. The minimum Gasteiger partial charge on any atom is -0.117 e. The average molecular weight is 301 g/mol. The Kier molecular flexibility index (Phi) is 5.11. The lowest BCUT2D eigenvalue weighted by atomic mass is 9.78. The smallest absolute Gasteiger partial charge is 0.0676 e. The predicted octanol–water partition coefficient (Wildman–Crippen LogP) is 6.14. The van der Waals surface area contributed by atoms with Crippen LogP contribution in [0, 0.1) is 5.92 Å². The Morgan fingerprint density at radius 3 is 2.00 bits per heavy atom.